The van der Waals surface area contributed by atoms with Crippen LogP contribution < -0.4 is 5.48 Å². The van der Waals surface area contributed by atoms with Crippen LogP contribution in [0.5, 0.6) is 0 Å². The molecule has 0 bridgehead atoms. The zero-order valence-electron chi connectivity index (χ0n) is 14.9. The van der Waals surface area contributed by atoms with E-state index in [1.807, 2.05) is 31.2 Å². The third kappa shape index (κ3) is 4.36. The zero-order chi connectivity index (χ0) is 19.4. The van der Waals surface area contributed by atoms with E-state index in [2.05, 4.69) is 10.5 Å². The Balaban J connectivity index is 1.80. The lowest BCUT2D eigenvalue weighted by molar-refractivity contribution is -0.139. The minimum absolute atomic E-state index is 0.0790. The van der Waals surface area contributed by atoms with E-state index < -0.39 is 22.1 Å². The van der Waals surface area contributed by atoms with Crippen molar-refractivity contribution in [2.24, 2.45) is 0 Å². The number of fused-ring (bicyclic) bond motifs is 1. The number of carbonyl (C=O) groups excluding carboxylic acids is 1. The maximum atomic E-state index is 12.5. The van der Waals surface area contributed by atoms with Gasteiger partial charge in [0.05, 0.1) is 7.11 Å². The molecule has 0 unspecified atom stereocenters. The second-order valence-electron chi connectivity index (χ2n) is 6.11. The minimum Gasteiger partial charge on any atom is -0.361 e. The maximum absolute atomic E-state index is 12.5. The van der Waals surface area contributed by atoms with Gasteiger partial charge in [-0.05, 0) is 30.7 Å². The lowest BCUT2D eigenvalue weighted by atomic mass is 10.1. The summed E-state index contributed by atoms with van der Waals surface area (Å²) in [5.74, 6) is -0.942. The van der Waals surface area contributed by atoms with E-state index in [-0.39, 0.29) is 11.3 Å². The van der Waals surface area contributed by atoms with Crippen LogP contribution in [0.15, 0.2) is 59.6 Å². The molecule has 0 saturated carbocycles. The van der Waals surface area contributed by atoms with E-state index in [9.17, 15) is 13.2 Å². The van der Waals surface area contributed by atoms with Crippen LogP contribution in [0.1, 0.15) is 11.1 Å². The molecule has 2 N–H and O–H groups in total. The molecule has 1 atom stereocenters. The summed E-state index contributed by atoms with van der Waals surface area (Å²) in [4.78, 5) is 20.4. The van der Waals surface area contributed by atoms with Crippen molar-refractivity contribution in [2.45, 2.75) is 24.3 Å². The quantitative estimate of drug-likeness (QED) is 0.477. The first-order valence-electron chi connectivity index (χ1n) is 8.29. The van der Waals surface area contributed by atoms with E-state index in [0.717, 1.165) is 22.0 Å². The van der Waals surface area contributed by atoms with Crippen LogP contribution in [0.2, 0.25) is 0 Å². The number of carbonyl (C=O) groups is 1. The Morgan fingerprint density at radius 3 is 2.56 bits per heavy atom. The van der Waals surface area contributed by atoms with Crippen LogP contribution in [0.3, 0.4) is 0 Å². The molecule has 7 nitrogen and oxygen atoms in total. The summed E-state index contributed by atoms with van der Waals surface area (Å²) >= 11 is 0. The van der Waals surface area contributed by atoms with Gasteiger partial charge in [-0.25, -0.2) is 4.79 Å². The van der Waals surface area contributed by atoms with E-state index in [1.54, 1.807) is 18.3 Å². The molecule has 142 valence electrons. The Hall–Kier alpha value is -2.68. The van der Waals surface area contributed by atoms with E-state index in [4.69, 9.17) is 9.02 Å². The summed E-state index contributed by atoms with van der Waals surface area (Å²) in [6.07, 6.45) is 1.97. The van der Waals surface area contributed by atoms with E-state index in [1.165, 1.54) is 19.2 Å². The number of H-pyrrole nitrogens is 1. The average molecular weight is 388 g/mol. The molecular formula is C19H20N2O5S. The van der Waals surface area contributed by atoms with Crippen molar-refractivity contribution < 1.29 is 22.2 Å². The third-order valence-electron chi connectivity index (χ3n) is 4.15. The van der Waals surface area contributed by atoms with Crippen molar-refractivity contribution in [1.29, 1.82) is 0 Å². The van der Waals surface area contributed by atoms with Crippen molar-refractivity contribution in [3.05, 3.63) is 65.9 Å². The molecule has 1 heterocycles. The van der Waals surface area contributed by atoms with E-state index in [0.29, 0.717) is 0 Å². The number of nitrogens with one attached hydrogen (secondary N) is 2. The fourth-order valence-electron chi connectivity index (χ4n) is 2.76. The molecule has 3 rings (SSSR count). The third-order valence-corrected chi connectivity index (χ3v) is 5.38. The van der Waals surface area contributed by atoms with Gasteiger partial charge in [0.1, 0.15) is 10.9 Å². The lowest BCUT2D eigenvalue weighted by Gasteiger charge is -2.15. The summed E-state index contributed by atoms with van der Waals surface area (Å²) < 4.78 is 29.5. The van der Waals surface area contributed by atoms with Crippen LogP contribution in [-0.4, -0.2) is 32.5 Å². The van der Waals surface area contributed by atoms with Crippen LogP contribution in [0.4, 0.5) is 0 Å². The van der Waals surface area contributed by atoms with Gasteiger partial charge in [0.15, 0.2) is 0 Å². The Morgan fingerprint density at radius 1 is 1.15 bits per heavy atom. The first-order valence-corrected chi connectivity index (χ1v) is 9.70. The highest BCUT2D eigenvalue weighted by Crippen LogP contribution is 2.20. The Morgan fingerprint density at radius 2 is 1.85 bits per heavy atom. The van der Waals surface area contributed by atoms with Gasteiger partial charge in [-0.1, -0.05) is 35.9 Å². The monoisotopic (exact) mass is 388 g/mol. The molecule has 0 aliphatic carbocycles. The van der Waals surface area contributed by atoms with Crippen molar-refractivity contribution in [3.8, 4) is 0 Å². The molecular weight excluding hydrogens is 368 g/mol. The molecule has 0 fully saturated rings. The molecule has 0 saturated heterocycles. The second kappa shape index (κ2) is 7.91. The second-order valence-corrected chi connectivity index (χ2v) is 7.65. The van der Waals surface area contributed by atoms with Crippen molar-refractivity contribution in [2.75, 3.05) is 7.11 Å². The van der Waals surface area contributed by atoms with Gasteiger partial charge in [-0.15, -0.1) is 0 Å². The number of aromatic nitrogens is 1. The lowest BCUT2D eigenvalue weighted by Crippen LogP contribution is -2.40. The number of aryl methyl sites for hydroxylation is 1. The van der Waals surface area contributed by atoms with Crippen molar-refractivity contribution >= 4 is 27.0 Å². The number of hydrogen-bond donors (Lipinski definition) is 2. The number of hydrogen-bond acceptors (Lipinski definition) is 6. The molecule has 8 heteroatoms. The number of rotatable bonds is 7. The highest BCUT2D eigenvalue weighted by molar-refractivity contribution is 7.87. The van der Waals surface area contributed by atoms with Gasteiger partial charge >= 0.3 is 16.1 Å². The molecule has 0 spiro atoms. The predicted octanol–water partition coefficient (Wildman–Crippen LogP) is 2.47. The van der Waals surface area contributed by atoms with Gasteiger partial charge in [-0.3, -0.25) is 0 Å². The van der Waals surface area contributed by atoms with Crippen molar-refractivity contribution in [3.63, 3.8) is 0 Å². The number of benzene rings is 2. The number of para-hydroxylation sites is 1. The van der Waals surface area contributed by atoms with Crippen LogP contribution in [-0.2, 0) is 30.4 Å². The summed E-state index contributed by atoms with van der Waals surface area (Å²) in [5.41, 5.74) is 5.18. The maximum Gasteiger partial charge on any atom is 0.341 e. The Bertz CT molecular complexity index is 1040. The predicted molar refractivity (Wildman–Crippen MR) is 100 cm³/mol. The Labute approximate surface area is 157 Å². The summed E-state index contributed by atoms with van der Waals surface area (Å²) in [6.45, 7) is 1.84. The van der Waals surface area contributed by atoms with Crippen molar-refractivity contribution in [1.82, 2.24) is 10.5 Å². The first kappa shape index (κ1) is 19.1. The largest absolute Gasteiger partial charge is 0.361 e. The smallest absolute Gasteiger partial charge is 0.341 e. The SMILES string of the molecule is CON[C@@H](Cc1c[nH]c2ccccc12)C(=O)OS(=O)(=O)c1ccc(C)cc1. The molecule has 0 amide bonds. The molecule has 0 radical (unpaired) electrons. The van der Waals surface area contributed by atoms with Crippen LogP contribution in [0.25, 0.3) is 10.9 Å². The minimum atomic E-state index is -4.21. The topological polar surface area (TPSA) is 97.5 Å². The molecule has 2 aromatic carbocycles. The standard InChI is InChI=1S/C19H20N2O5S/c1-13-7-9-15(10-8-13)27(23,24)26-19(22)18(21-25-2)11-14-12-20-17-6-4-3-5-16(14)17/h3-10,12,18,20-21H,11H2,1-2H3/t18-/m0/s1. The summed E-state index contributed by atoms with van der Waals surface area (Å²) in [5, 5.41) is 0.939. The zero-order valence-corrected chi connectivity index (χ0v) is 15.7. The summed E-state index contributed by atoms with van der Waals surface area (Å²) in [6, 6.07) is 12.7. The fourth-order valence-corrected chi connectivity index (χ4v) is 3.65. The highest BCUT2D eigenvalue weighted by atomic mass is 32.2. The molecule has 0 aliphatic heterocycles. The highest BCUT2D eigenvalue weighted by Gasteiger charge is 2.28. The number of hydroxylamine groups is 1. The molecule has 3 aromatic rings. The Kier molecular flexibility index (Phi) is 5.59. The first-order chi connectivity index (χ1) is 12.9. The summed E-state index contributed by atoms with van der Waals surface area (Å²) in [7, 11) is -2.86. The van der Waals surface area contributed by atoms with Gasteiger partial charge in [-0.2, -0.15) is 13.9 Å². The van der Waals surface area contributed by atoms with Gasteiger partial charge in [0.2, 0.25) is 0 Å². The average Bonchev–Trinajstić information content (AvgIpc) is 3.04. The van der Waals surface area contributed by atoms with Gasteiger partial charge in [0.25, 0.3) is 0 Å². The number of aromatic amines is 1. The van der Waals surface area contributed by atoms with E-state index >= 15 is 0 Å². The van der Waals surface area contributed by atoms with Crippen LogP contribution in [0, 0.1) is 6.92 Å². The fraction of sp³-hybridized carbons (Fsp3) is 0.211. The van der Waals surface area contributed by atoms with Gasteiger partial charge < -0.3 is 14.0 Å². The molecule has 1 aromatic heterocycles. The normalized spacial score (nSPS) is 12.8. The van der Waals surface area contributed by atoms with Crippen LogP contribution >= 0.6 is 0 Å². The molecule has 0 aliphatic rings. The van der Waals surface area contributed by atoms with Gasteiger partial charge in [0, 0.05) is 23.5 Å². The molecule has 27 heavy (non-hydrogen) atoms.